The van der Waals surface area contributed by atoms with Crippen LogP contribution in [0, 0.1) is 17.2 Å². The quantitative estimate of drug-likeness (QED) is 0.584. The van der Waals surface area contributed by atoms with Gasteiger partial charge in [0.15, 0.2) is 8.32 Å². The van der Waals surface area contributed by atoms with Crippen LogP contribution in [0.15, 0.2) is 0 Å². The number of carbonyl (C=O) groups excluding carboxylic acids is 1. The highest BCUT2D eigenvalue weighted by atomic mass is 28.4. The first-order valence-corrected chi connectivity index (χ1v) is 9.71. The van der Waals surface area contributed by atoms with Gasteiger partial charge in [-0.05, 0) is 40.4 Å². The highest BCUT2D eigenvalue weighted by molar-refractivity contribution is 6.69. The van der Waals surface area contributed by atoms with Gasteiger partial charge in [-0.2, -0.15) is 5.26 Å². The Bertz CT molecular complexity index is 367. The number of nitrogens with zero attached hydrogens (tertiary/aromatic N) is 1. The largest absolute Gasteiger partial charge is 0.460 e. The third kappa shape index (κ3) is 4.11. The van der Waals surface area contributed by atoms with Crippen LogP contribution in [0.4, 0.5) is 0 Å². The summed E-state index contributed by atoms with van der Waals surface area (Å²) in [5.41, 5.74) is -1.23. The van der Waals surface area contributed by atoms with Crippen molar-refractivity contribution in [3.63, 3.8) is 0 Å². The van der Waals surface area contributed by atoms with Crippen molar-refractivity contribution in [1.82, 2.24) is 0 Å². The molecule has 0 aromatic rings. The molecule has 1 aliphatic rings. The molecule has 1 fully saturated rings. The van der Waals surface area contributed by atoms with Crippen LogP contribution in [0.5, 0.6) is 0 Å². The number of hydrogen-bond donors (Lipinski definition) is 0. The van der Waals surface area contributed by atoms with E-state index in [0.29, 0.717) is 12.8 Å². The summed E-state index contributed by atoms with van der Waals surface area (Å²) in [6.45, 7) is 11.7. The van der Waals surface area contributed by atoms with Gasteiger partial charge in [0.1, 0.15) is 11.2 Å². The summed E-state index contributed by atoms with van der Waals surface area (Å²) in [5.74, 6) is -0.409. The van der Waals surface area contributed by atoms with Crippen LogP contribution in [0.25, 0.3) is 0 Å². The zero-order chi connectivity index (χ0) is 14.2. The first-order valence-electron chi connectivity index (χ1n) is 6.31. The van der Waals surface area contributed by atoms with E-state index in [0.717, 1.165) is 0 Å². The highest BCUT2D eigenvalue weighted by Crippen LogP contribution is 2.43. The summed E-state index contributed by atoms with van der Waals surface area (Å²) in [6.07, 6.45) is 0.922. The molecular formula is C13H23NO3Si. The van der Waals surface area contributed by atoms with E-state index >= 15 is 0 Å². The Labute approximate surface area is 110 Å². The van der Waals surface area contributed by atoms with Crippen LogP contribution in [0.2, 0.25) is 19.6 Å². The van der Waals surface area contributed by atoms with Gasteiger partial charge < -0.3 is 9.16 Å². The van der Waals surface area contributed by atoms with Crippen LogP contribution in [-0.2, 0) is 14.0 Å². The predicted molar refractivity (Wildman–Crippen MR) is 71.3 cm³/mol. The van der Waals surface area contributed by atoms with E-state index in [-0.39, 0.29) is 11.9 Å². The van der Waals surface area contributed by atoms with Crippen molar-refractivity contribution in [1.29, 1.82) is 5.26 Å². The van der Waals surface area contributed by atoms with Crippen LogP contribution in [-0.4, -0.2) is 25.5 Å². The molecule has 0 unspecified atom stereocenters. The van der Waals surface area contributed by atoms with Crippen molar-refractivity contribution in [2.24, 2.45) is 5.92 Å². The number of hydrogen-bond acceptors (Lipinski definition) is 4. The minimum Gasteiger partial charge on any atom is -0.460 e. The smallest absolute Gasteiger partial charge is 0.309 e. The lowest BCUT2D eigenvalue weighted by Gasteiger charge is -2.44. The van der Waals surface area contributed by atoms with Crippen molar-refractivity contribution in [3.05, 3.63) is 0 Å². The van der Waals surface area contributed by atoms with E-state index in [9.17, 15) is 10.1 Å². The fraction of sp³-hybridized carbons (Fsp3) is 0.846. The Morgan fingerprint density at radius 2 is 1.83 bits per heavy atom. The zero-order valence-electron chi connectivity index (χ0n) is 12.2. The van der Waals surface area contributed by atoms with Gasteiger partial charge in [-0.15, -0.1) is 0 Å². The van der Waals surface area contributed by atoms with Gasteiger partial charge >= 0.3 is 5.97 Å². The third-order valence-corrected chi connectivity index (χ3v) is 3.60. The molecule has 0 radical (unpaired) electrons. The Hall–Kier alpha value is -0.863. The van der Waals surface area contributed by atoms with Crippen molar-refractivity contribution < 1.29 is 14.0 Å². The standard InChI is InChI=1S/C13H23NO3Si/c1-12(2,3)16-11(15)10-7-13(8-10,9-14)17-18(4,5)6/h10H,7-8H2,1-6H3. The summed E-state index contributed by atoms with van der Waals surface area (Å²) in [7, 11) is -1.77. The molecule has 0 bridgehead atoms. The molecule has 0 N–H and O–H groups in total. The number of esters is 1. The second-order valence-corrected chi connectivity index (χ2v) is 11.4. The van der Waals surface area contributed by atoms with Crippen LogP contribution in [0.3, 0.4) is 0 Å². The van der Waals surface area contributed by atoms with Gasteiger partial charge in [0, 0.05) is 12.8 Å². The average molecular weight is 269 g/mol. The lowest BCUT2D eigenvalue weighted by atomic mass is 9.72. The summed E-state index contributed by atoms with van der Waals surface area (Å²) in [4.78, 5) is 11.8. The van der Waals surface area contributed by atoms with Crippen molar-refractivity contribution in [2.75, 3.05) is 0 Å². The van der Waals surface area contributed by atoms with Gasteiger partial charge in [-0.25, -0.2) is 0 Å². The second kappa shape index (κ2) is 4.67. The molecule has 0 atom stereocenters. The molecule has 0 aliphatic heterocycles. The fourth-order valence-corrected chi connectivity index (χ4v) is 3.46. The maximum atomic E-state index is 11.8. The van der Waals surface area contributed by atoms with Crippen LogP contribution in [0.1, 0.15) is 33.6 Å². The molecule has 1 saturated carbocycles. The Balaban J connectivity index is 2.56. The molecule has 1 aliphatic carbocycles. The van der Waals surface area contributed by atoms with Gasteiger partial charge in [-0.1, -0.05) is 0 Å². The summed E-state index contributed by atoms with van der Waals surface area (Å²) >= 11 is 0. The molecule has 18 heavy (non-hydrogen) atoms. The predicted octanol–water partition coefficient (Wildman–Crippen LogP) is 2.85. The Morgan fingerprint density at radius 1 is 1.33 bits per heavy atom. The number of ether oxygens (including phenoxy) is 1. The molecular weight excluding hydrogens is 246 g/mol. The first-order chi connectivity index (χ1) is 7.96. The van der Waals surface area contributed by atoms with Crippen LogP contribution >= 0.6 is 0 Å². The molecule has 4 nitrogen and oxygen atoms in total. The summed E-state index contributed by atoms with van der Waals surface area (Å²) in [5, 5.41) is 9.23. The highest BCUT2D eigenvalue weighted by Gasteiger charge is 2.52. The molecule has 0 aromatic carbocycles. The lowest BCUT2D eigenvalue weighted by molar-refractivity contribution is -0.169. The molecule has 1 rings (SSSR count). The number of carbonyl (C=O) groups is 1. The van der Waals surface area contributed by atoms with E-state index in [2.05, 4.69) is 6.07 Å². The molecule has 0 heterocycles. The van der Waals surface area contributed by atoms with E-state index in [4.69, 9.17) is 9.16 Å². The first kappa shape index (κ1) is 15.2. The Kier molecular flexibility index (Phi) is 3.94. The van der Waals surface area contributed by atoms with E-state index in [1.54, 1.807) is 0 Å². The van der Waals surface area contributed by atoms with E-state index in [1.165, 1.54) is 0 Å². The van der Waals surface area contributed by atoms with Gasteiger partial charge in [0.25, 0.3) is 0 Å². The minimum atomic E-state index is -1.77. The molecule has 0 saturated heterocycles. The zero-order valence-corrected chi connectivity index (χ0v) is 13.2. The van der Waals surface area contributed by atoms with Crippen molar-refractivity contribution >= 4 is 14.3 Å². The molecule has 102 valence electrons. The van der Waals surface area contributed by atoms with E-state index < -0.39 is 19.5 Å². The van der Waals surface area contributed by atoms with Crippen molar-refractivity contribution in [2.45, 2.75) is 64.5 Å². The average Bonchev–Trinajstić information content (AvgIpc) is 2.05. The SMILES string of the molecule is CC(C)(C)OC(=O)C1CC(C#N)(O[Si](C)(C)C)C1. The van der Waals surface area contributed by atoms with Gasteiger partial charge in [-0.3, -0.25) is 4.79 Å². The minimum absolute atomic E-state index is 0.194. The maximum Gasteiger partial charge on any atom is 0.309 e. The maximum absolute atomic E-state index is 11.8. The summed E-state index contributed by atoms with van der Waals surface area (Å²) < 4.78 is 11.2. The van der Waals surface area contributed by atoms with E-state index in [1.807, 2.05) is 40.4 Å². The monoisotopic (exact) mass is 269 g/mol. The van der Waals surface area contributed by atoms with Gasteiger partial charge in [0.05, 0.1) is 12.0 Å². The topological polar surface area (TPSA) is 59.3 Å². The molecule has 0 spiro atoms. The molecule has 5 heteroatoms. The molecule has 0 amide bonds. The summed E-state index contributed by atoms with van der Waals surface area (Å²) in [6, 6.07) is 2.22. The Morgan fingerprint density at radius 3 is 2.17 bits per heavy atom. The lowest BCUT2D eigenvalue weighted by Crippen LogP contribution is -2.53. The molecule has 0 aromatic heterocycles. The third-order valence-electron chi connectivity index (χ3n) is 2.60. The number of rotatable bonds is 3. The van der Waals surface area contributed by atoms with Crippen molar-refractivity contribution in [3.8, 4) is 6.07 Å². The second-order valence-electron chi connectivity index (χ2n) is 6.96. The van der Waals surface area contributed by atoms with Gasteiger partial charge in [0.2, 0.25) is 0 Å². The fourth-order valence-electron chi connectivity index (χ4n) is 2.07. The normalized spacial score (nSPS) is 28.2. The van der Waals surface area contributed by atoms with Crippen LogP contribution < -0.4 is 0 Å². The number of nitriles is 1.